The van der Waals surface area contributed by atoms with Gasteiger partial charge in [-0.2, -0.15) is 4.57 Å². The van der Waals surface area contributed by atoms with Crippen molar-refractivity contribution in [3.05, 3.63) is 68.5 Å². The van der Waals surface area contributed by atoms with Gasteiger partial charge in [-0.3, -0.25) is 0 Å². The van der Waals surface area contributed by atoms with Crippen molar-refractivity contribution < 1.29 is 18.9 Å². The lowest BCUT2D eigenvalue weighted by Gasteiger charge is -2.48. The SMILES string of the molecule is CC1(C)CCN2CCC(C)(C)c3c2c1cc1cc(/C=C/c2sc4ccccc4[n+]2CC(=O)[O-])c(=O)oc31. The van der Waals surface area contributed by atoms with Crippen LogP contribution in [-0.2, 0) is 22.2 Å². The van der Waals surface area contributed by atoms with Crippen LogP contribution in [0.4, 0.5) is 5.69 Å². The number of hydrogen-bond donors (Lipinski definition) is 0. The van der Waals surface area contributed by atoms with Crippen molar-refractivity contribution in [2.24, 2.45) is 0 Å². The number of hydrogen-bond acceptors (Lipinski definition) is 6. The summed E-state index contributed by atoms with van der Waals surface area (Å²) in [6.07, 6.45) is 5.62. The normalized spacial score (nSPS) is 18.0. The average molecular weight is 515 g/mol. The summed E-state index contributed by atoms with van der Waals surface area (Å²) in [6.45, 7) is 10.8. The van der Waals surface area contributed by atoms with Gasteiger partial charge in [0.1, 0.15) is 16.3 Å². The molecule has 0 N–H and O–H groups in total. The second kappa shape index (κ2) is 8.28. The molecule has 4 aromatic rings. The number of anilines is 1. The molecule has 2 aliphatic rings. The summed E-state index contributed by atoms with van der Waals surface area (Å²) in [4.78, 5) is 27.1. The maximum Gasteiger partial charge on any atom is 0.343 e. The maximum atomic E-state index is 13.2. The Morgan fingerprint density at radius 3 is 2.59 bits per heavy atom. The quantitative estimate of drug-likeness (QED) is 0.298. The van der Waals surface area contributed by atoms with E-state index in [-0.39, 0.29) is 17.4 Å². The van der Waals surface area contributed by atoms with E-state index in [1.54, 1.807) is 16.7 Å². The van der Waals surface area contributed by atoms with Crippen LogP contribution in [-0.4, -0.2) is 19.1 Å². The lowest BCUT2D eigenvalue weighted by Crippen LogP contribution is -2.44. The predicted octanol–water partition coefficient (Wildman–Crippen LogP) is 4.38. The smallest absolute Gasteiger partial charge is 0.343 e. The van der Waals surface area contributed by atoms with Crippen LogP contribution in [0.3, 0.4) is 0 Å². The van der Waals surface area contributed by atoms with Gasteiger partial charge in [0, 0.05) is 41.9 Å². The van der Waals surface area contributed by atoms with E-state index in [1.807, 2.05) is 30.3 Å². The number of benzene rings is 2. The number of thiazole rings is 1. The zero-order valence-electron chi connectivity index (χ0n) is 21.6. The summed E-state index contributed by atoms with van der Waals surface area (Å²) in [5, 5.41) is 13.1. The maximum absolute atomic E-state index is 13.2. The first-order valence-electron chi connectivity index (χ1n) is 12.8. The Balaban J connectivity index is 1.52. The zero-order valence-corrected chi connectivity index (χ0v) is 22.4. The fraction of sp³-hybridized carbons (Fsp3) is 0.367. The Hall–Kier alpha value is -3.45. The van der Waals surface area contributed by atoms with Gasteiger partial charge in [-0.05, 0) is 53.5 Å². The molecule has 190 valence electrons. The molecule has 0 spiro atoms. The number of aliphatic carboxylic acids is 1. The van der Waals surface area contributed by atoms with Crippen molar-refractivity contribution in [1.82, 2.24) is 0 Å². The number of rotatable bonds is 4. The van der Waals surface area contributed by atoms with E-state index >= 15 is 0 Å². The molecule has 0 radical (unpaired) electrons. The van der Waals surface area contributed by atoms with E-state index < -0.39 is 11.6 Å². The van der Waals surface area contributed by atoms with Gasteiger partial charge in [-0.1, -0.05) is 51.2 Å². The Kier molecular flexibility index (Phi) is 5.35. The first kappa shape index (κ1) is 23.9. The van der Waals surface area contributed by atoms with Crippen LogP contribution >= 0.6 is 11.3 Å². The van der Waals surface area contributed by atoms with Gasteiger partial charge < -0.3 is 19.2 Å². The Labute approximate surface area is 219 Å². The number of carbonyl (C=O) groups excluding carboxylic acids is 1. The van der Waals surface area contributed by atoms with Crippen molar-refractivity contribution in [2.45, 2.75) is 57.9 Å². The van der Waals surface area contributed by atoms with E-state index in [4.69, 9.17) is 4.42 Å². The van der Waals surface area contributed by atoms with Gasteiger partial charge in [0.15, 0.2) is 6.54 Å². The molecule has 37 heavy (non-hydrogen) atoms. The van der Waals surface area contributed by atoms with Crippen LogP contribution in [0.1, 0.15) is 62.2 Å². The number of carboxylic acid groups (broad SMARTS) is 1. The highest BCUT2D eigenvalue weighted by Gasteiger charge is 2.41. The minimum atomic E-state index is -1.16. The van der Waals surface area contributed by atoms with Crippen molar-refractivity contribution in [2.75, 3.05) is 18.0 Å². The third-order valence-electron chi connectivity index (χ3n) is 8.09. The fourth-order valence-electron chi connectivity index (χ4n) is 5.91. The largest absolute Gasteiger partial charge is 0.544 e. The number of fused-ring (bicyclic) bond motifs is 3. The third-order valence-corrected chi connectivity index (χ3v) is 9.22. The van der Waals surface area contributed by atoms with Crippen molar-refractivity contribution in [3.63, 3.8) is 0 Å². The van der Waals surface area contributed by atoms with Crippen LogP contribution in [0.5, 0.6) is 0 Å². The van der Waals surface area contributed by atoms with Crippen molar-refractivity contribution in [1.29, 1.82) is 0 Å². The molecule has 0 atom stereocenters. The Bertz CT molecular complexity index is 1670. The highest BCUT2D eigenvalue weighted by Crippen LogP contribution is 2.51. The van der Waals surface area contributed by atoms with Crippen LogP contribution in [0, 0.1) is 0 Å². The molecule has 0 saturated heterocycles. The number of carbonyl (C=O) groups is 1. The van der Waals surface area contributed by atoms with Gasteiger partial charge in [0.05, 0.1) is 5.56 Å². The monoisotopic (exact) mass is 514 g/mol. The van der Waals surface area contributed by atoms with Gasteiger partial charge in [-0.15, -0.1) is 0 Å². The highest BCUT2D eigenvalue weighted by molar-refractivity contribution is 7.18. The summed E-state index contributed by atoms with van der Waals surface area (Å²) >= 11 is 1.47. The Morgan fingerprint density at radius 1 is 1.11 bits per heavy atom. The Morgan fingerprint density at radius 2 is 1.84 bits per heavy atom. The third kappa shape index (κ3) is 3.87. The first-order valence-corrected chi connectivity index (χ1v) is 13.6. The summed E-state index contributed by atoms with van der Waals surface area (Å²) in [5.74, 6) is -1.16. The minimum absolute atomic E-state index is 0.0296. The topological polar surface area (TPSA) is 77.5 Å². The fourth-order valence-corrected chi connectivity index (χ4v) is 6.98. The minimum Gasteiger partial charge on any atom is -0.544 e. The molecular weight excluding hydrogens is 484 g/mol. The molecule has 2 aromatic heterocycles. The average Bonchev–Trinajstić information content (AvgIpc) is 3.17. The first-order chi connectivity index (χ1) is 17.5. The number of nitrogens with zero attached hydrogens (tertiary/aromatic N) is 2. The number of aromatic nitrogens is 1. The zero-order chi connectivity index (χ0) is 26.1. The van der Waals surface area contributed by atoms with E-state index in [9.17, 15) is 14.7 Å². The molecule has 2 aromatic carbocycles. The molecule has 4 heterocycles. The highest BCUT2D eigenvalue weighted by atomic mass is 32.1. The summed E-state index contributed by atoms with van der Waals surface area (Å²) in [7, 11) is 0. The van der Waals surface area contributed by atoms with Crippen molar-refractivity contribution >= 4 is 56.3 Å². The molecule has 0 bridgehead atoms. The van der Waals surface area contributed by atoms with Crippen LogP contribution in [0.2, 0.25) is 0 Å². The van der Waals surface area contributed by atoms with Gasteiger partial charge >= 0.3 is 5.63 Å². The van der Waals surface area contributed by atoms with Crippen LogP contribution in [0.25, 0.3) is 33.3 Å². The second-order valence-electron chi connectivity index (χ2n) is 11.5. The standard InChI is InChI=1S/C30H30N2O4S/c1-29(2)11-13-31-14-12-30(3,4)25-26(31)20(29)16-19-15-18(28(35)36-27(19)25)9-10-23-32(17-24(33)34)21-7-5-6-8-22(21)37-23/h5-10,15-16H,11-14,17H2,1-4H3. The second-order valence-corrected chi connectivity index (χ2v) is 12.6. The van der Waals surface area contributed by atoms with Crippen LogP contribution in [0.15, 0.2) is 45.6 Å². The van der Waals surface area contributed by atoms with Gasteiger partial charge in [0.25, 0.3) is 5.01 Å². The lowest BCUT2D eigenvalue weighted by molar-refractivity contribution is -0.663. The molecule has 0 fully saturated rings. The summed E-state index contributed by atoms with van der Waals surface area (Å²) in [5.41, 5.74) is 5.18. The molecule has 2 aliphatic heterocycles. The van der Waals surface area contributed by atoms with Gasteiger partial charge in [-0.25, -0.2) is 4.79 Å². The molecule has 0 unspecified atom stereocenters. The molecular formula is C30H30N2O4S. The van der Waals surface area contributed by atoms with E-state index in [1.165, 1.54) is 22.6 Å². The molecule has 6 nitrogen and oxygen atoms in total. The lowest BCUT2D eigenvalue weighted by atomic mass is 9.69. The summed E-state index contributed by atoms with van der Waals surface area (Å²) < 4.78 is 8.74. The predicted molar refractivity (Wildman–Crippen MR) is 146 cm³/mol. The van der Waals surface area contributed by atoms with Gasteiger partial charge in [0.2, 0.25) is 5.52 Å². The molecule has 0 saturated carbocycles. The molecule has 0 aliphatic carbocycles. The molecule has 7 heteroatoms. The number of carboxylic acids is 1. The number of para-hydroxylation sites is 1. The van der Waals surface area contributed by atoms with E-state index in [0.29, 0.717) is 11.1 Å². The molecule has 6 rings (SSSR count). The van der Waals surface area contributed by atoms with E-state index in [2.05, 4.69) is 38.7 Å². The molecule has 0 amide bonds. The van der Waals surface area contributed by atoms with E-state index in [0.717, 1.165) is 52.1 Å². The van der Waals surface area contributed by atoms with Crippen molar-refractivity contribution in [3.8, 4) is 0 Å². The summed E-state index contributed by atoms with van der Waals surface area (Å²) in [6, 6.07) is 11.8. The van der Waals surface area contributed by atoms with Crippen LogP contribution < -0.4 is 20.2 Å².